The first-order valence-corrected chi connectivity index (χ1v) is 8.21. The summed E-state index contributed by atoms with van der Waals surface area (Å²) >= 11 is 0. The van der Waals surface area contributed by atoms with Crippen LogP contribution >= 0.6 is 0 Å². The van der Waals surface area contributed by atoms with E-state index >= 15 is 0 Å². The van der Waals surface area contributed by atoms with Gasteiger partial charge in [0.15, 0.2) is 0 Å². The van der Waals surface area contributed by atoms with Crippen molar-refractivity contribution in [1.29, 1.82) is 0 Å². The normalized spacial score (nSPS) is 9.60. The lowest BCUT2D eigenvalue weighted by Crippen LogP contribution is -2.17. The molecule has 6 heteroatoms. The van der Waals surface area contributed by atoms with E-state index in [4.69, 9.17) is 14.6 Å². The number of nitrogens with zero attached hydrogens (tertiary/aromatic N) is 1. The fourth-order valence-corrected chi connectivity index (χ4v) is 1.66. The number of rotatable bonds is 9. The lowest BCUT2D eigenvalue weighted by Gasteiger charge is -2.16. The molecule has 0 aliphatic heterocycles. The highest BCUT2D eigenvalue weighted by Gasteiger charge is 2.13. The van der Waals surface area contributed by atoms with Gasteiger partial charge in [0.2, 0.25) is 0 Å². The Kier molecular flexibility index (Phi) is 11.8. The van der Waals surface area contributed by atoms with Gasteiger partial charge in [-0.3, -0.25) is 0 Å². The van der Waals surface area contributed by atoms with E-state index in [2.05, 4.69) is 13.5 Å². The van der Waals surface area contributed by atoms with E-state index in [1.165, 1.54) is 6.92 Å². The van der Waals surface area contributed by atoms with Crippen molar-refractivity contribution in [1.82, 2.24) is 0 Å². The third kappa shape index (κ3) is 10.2. The number of para-hydroxylation sites is 1. The molecule has 1 rings (SSSR count). The monoisotopic (exact) mass is 351 g/mol. The molecule has 1 aromatic carbocycles. The minimum absolute atomic E-state index is 0.176. The Balaban J connectivity index is 0.000000823. The van der Waals surface area contributed by atoms with Crippen molar-refractivity contribution >= 4 is 17.6 Å². The van der Waals surface area contributed by atoms with Gasteiger partial charge in [0.25, 0.3) is 0 Å². The molecule has 0 aliphatic rings. The number of aliphatic carboxylic acids is 1. The minimum Gasteiger partial charge on any atom is -0.478 e. The van der Waals surface area contributed by atoms with E-state index in [-0.39, 0.29) is 11.5 Å². The van der Waals surface area contributed by atoms with Crippen molar-refractivity contribution in [2.24, 2.45) is 0 Å². The topological polar surface area (TPSA) is 76.1 Å². The number of carboxylic acid groups (broad SMARTS) is 1. The number of carbonyl (C=O) groups excluding carboxylic acids is 1. The van der Waals surface area contributed by atoms with E-state index in [1.807, 2.05) is 37.2 Å². The third-order valence-electron chi connectivity index (χ3n) is 3.07. The molecule has 1 aromatic rings. The van der Waals surface area contributed by atoms with E-state index in [0.29, 0.717) is 18.8 Å². The van der Waals surface area contributed by atoms with E-state index in [1.54, 1.807) is 6.07 Å². The van der Waals surface area contributed by atoms with E-state index in [9.17, 15) is 9.59 Å². The van der Waals surface area contributed by atoms with Crippen LogP contribution in [0.3, 0.4) is 0 Å². The highest BCUT2D eigenvalue weighted by Crippen LogP contribution is 2.18. The van der Waals surface area contributed by atoms with Crippen molar-refractivity contribution in [3.63, 3.8) is 0 Å². The summed E-state index contributed by atoms with van der Waals surface area (Å²) in [6, 6.07) is 7.41. The number of carboxylic acids is 1. The predicted molar refractivity (Wildman–Crippen MR) is 99.2 cm³/mol. The number of hydrogen-bond acceptors (Lipinski definition) is 5. The molecular weight excluding hydrogens is 322 g/mol. The van der Waals surface area contributed by atoms with Gasteiger partial charge in [-0.05, 0) is 25.5 Å². The summed E-state index contributed by atoms with van der Waals surface area (Å²) in [5.74, 6) is -1.24. The minimum atomic E-state index is -0.935. The van der Waals surface area contributed by atoms with Crippen LogP contribution in [-0.2, 0) is 14.3 Å². The standard InChI is InChI=1S/C15H23NO3.C4H6O2/c1-4-5-10-18-11-12-19-15(17)13-8-6-7-9-14(13)16(2)3;1-3(2)4(5)6/h6-9H,4-5,10-12H2,1-3H3;1H2,2H3,(H,5,6). The maximum atomic E-state index is 12.0. The van der Waals surface area contributed by atoms with Crippen LogP contribution in [-0.4, -0.2) is 51.0 Å². The molecule has 0 atom stereocenters. The van der Waals surface area contributed by atoms with Crippen LogP contribution in [0.2, 0.25) is 0 Å². The van der Waals surface area contributed by atoms with Crippen LogP contribution in [0.5, 0.6) is 0 Å². The van der Waals surface area contributed by atoms with Crippen molar-refractivity contribution in [2.75, 3.05) is 38.8 Å². The van der Waals surface area contributed by atoms with Gasteiger partial charge in [-0.1, -0.05) is 32.1 Å². The van der Waals surface area contributed by atoms with Crippen LogP contribution in [0.25, 0.3) is 0 Å². The Labute approximate surface area is 150 Å². The average molecular weight is 351 g/mol. The molecule has 25 heavy (non-hydrogen) atoms. The third-order valence-corrected chi connectivity index (χ3v) is 3.07. The SMILES string of the molecule is C=C(C)C(=O)O.CCCCOCCOC(=O)c1ccccc1N(C)C. The number of esters is 1. The molecule has 0 radical (unpaired) electrons. The number of hydrogen-bond donors (Lipinski definition) is 1. The lowest BCUT2D eigenvalue weighted by molar-refractivity contribution is -0.132. The Bertz CT molecular complexity index is 543. The molecule has 0 unspecified atom stereocenters. The van der Waals surface area contributed by atoms with Gasteiger partial charge < -0.3 is 19.5 Å². The number of anilines is 1. The molecule has 0 bridgehead atoms. The second kappa shape index (κ2) is 13.0. The summed E-state index contributed by atoms with van der Waals surface area (Å²) in [6.45, 7) is 8.19. The summed E-state index contributed by atoms with van der Waals surface area (Å²) in [7, 11) is 3.81. The lowest BCUT2D eigenvalue weighted by atomic mass is 10.1. The van der Waals surface area contributed by atoms with Crippen molar-refractivity contribution in [3.05, 3.63) is 42.0 Å². The molecule has 6 nitrogen and oxygen atoms in total. The second-order valence-corrected chi connectivity index (χ2v) is 5.60. The van der Waals surface area contributed by atoms with Gasteiger partial charge in [0, 0.05) is 26.3 Å². The van der Waals surface area contributed by atoms with Crippen LogP contribution < -0.4 is 4.90 Å². The predicted octanol–water partition coefficient (Wildman–Crippen LogP) is 3.37. The van der Waals surface area contributed by atoms with Crippen molar-refractivity contribution in [2.45, 2.75) is 26.7 Å². The number of benzene rings is 1. The molecule has 0 aromatic heterocycles. The maximum absolute atomic E-state index is 12.0. The maximum Gasteiger partial charge on any atom is 0.340 e. The Morgan fingerprint density at radius 2 is 1.76 bits per heavy atom. The first-order valence-electron chi connectivity index (χ1n) is 8.21. The summed E-state index contributed by atoms with van der Waals surface area (Å²) in [5.41, 5.74) is 1.62. The summed E-state index contributed by atoms with van der Waals surface area (Å²) < 4.78 is 10.6. The van der Waals surface area contributed by atoms with Crippen LogP contribution in [0.1, 0.15) is 37.0 Å². The molecule has 1 N–H and O–H groups in total. The quantitative estimate of drug-likeness (QED) is 0.418. The zero-order chi connectivity index (χ0) is 19.2. The van der Waals surface area contributed by atoms with Crippen LogP contribution in [0, 0.1) is 0 Å². The smallest absolute Gasteiger partial charge is 0.340 e. The van der Waals surface area contributed by atoms with E-state index in [0.717, 1.165) is 25.1 Å². The molecule has 0 saturated carbocycles. The molecule has 0 fully saturated rings. The van der Waals surface area contributed by atoms with Crippen molar-refractivity contribution < 1.29 is 24.2 Å². The Morgan fingerprint density at radius 3 is 2.28 bits per heavy atom. The van der Waals surface area contributed by atoms with E-state index < -0.39 is 5.97 Å². The fourth-order valence-electron chi connectivity index (χ4n) is 1.66. The Hall–Kier alpha value is -2.34. The summed E-state index contributed by atoms with van der Waals surface area (Å²) in [6.07, 6.45) is 2.15. The molecular formula is C19H29NO5. The first-order chi connectivity index (χ1) is 11.8. The summed E-state index contributed by atoms with van der Waals surface area (Å²) in [5, 5.41) is 7.89. The summed E-state index contributed by atoms with van der Waals surface area (Å²) in [4.78, 5) is 23.5. The van der Waals surface area contributed by atoms with Crippen LogP contribution in [0.15, 0.2) is 36.4 Å². The molecule has 0 aliphatic carbocycles. The molecule has 140 valence electrons. The number of unbranched alkanes of at least 4 members (excludes halogenated alkanes) is 1. The van der Waals surface area contributed by atoms with Crippen molar-refractivity contribution in [3.8, 4) is 0 Å². The highest BCUT2D eigenvalue weighted by molar-refractivity contribution is 5.95. The number of carbonyl (C=O) groups is 2. The largest absolute Gasteiger partial charge is 0.478 e. The number of ether oxygens (including phenoxy) is 2. The fraction of sp³-hybridized carbons (Fsp3) is 0.474. The van der Waals surface area contributed by atoms with Gasteiger partial charge in [-0.15, -0.1) is 0 Å². The zero-order valence-electron chi connectivity index (χ0n) is 15.6. The molecule has 0 spiro atoms. The molecule has 0 saturated heterocycles. The van der Waals surface area contributed by atoms with Gasteiger partial charge >= 0.3 is 11.9 Å². The first kappa shape index (κ1) is 22.7. The average Bonchev–Trinajstić information content (AvgIpc) is 2.58. The van der Waals surface area contributed by atoms with Gasteiger partial charge in [0.05, 0.1) is 17.9 Å². The van der Waals surface area contributed by atoms with Gasteiger partial charge in [0.1, 0.15) is 6.61 Å². The second-order valence-electron chi connectivity index (χ2n) is 5.60. The van der Waals surface area contributed by atoms with Gasteiger partial charge in [-0.2, -0.15) is 0 Å². The van der Waals surface area contributed by atoms with Crippen LogP contribution in [0.4, 0.5) is 5.69 Å². The molecule has 0 amide bonds. The zero-order valence-corrected chi connectivity index (χ0v) is 15.6. The van der Waals surface area contributed by atoms with Gasteiger partial charge in [-0.25, -0.2) is 9.59 Å². The Morgan fingerprint density at radius 1 is 1.16 bits per heavy atom. The highest BCUT2D eigenvalue weighted by atomic mass is 16.6. The molecule has 0 heterocycles.